The fourth-order valence-electron chi connectivity index (χ4n) is 2.05. The Kier molecular flexibility index (Phi) is 5.05. The largest absolute Gasteiger partial charge is 0.469 e. The maximum absolute atomic E-state index is 11.2. The average molecular weight is 215 g/mol. The van der Waals surface area contributed by atoms with Crippen molar-refractivity contribution < 1.29 is 14.3 Å². The Labute approximate surface area is 91.3 Å². The van der Waals surface area contributed by atoms with Gasteiger partial charge < -0.3 is 14.8 Å². The Balaban J connectivity index is 2.27. The molecule has 0 aromatic rings. The molecule has 0 aromatic heterocycles. The first-order valence-electron chi connectivity index (χ1n) is 5.53. The Morgan fingerprint density at radius 3 is 2.80 bits per heavy atom. The zero-order valence-corrected chi connectivity index (χ0v) is 9.79. The molecule has 0 bridgehead atoms. The maximum Gasteiger partial charge on any atom is 0.309 e. The van der Waals surface area contributed by atoms with Crippen molar-refractivity contribution in [3.8, 4) is 0 Å². The number of hydrogen-bond donors (Lipinski definition) is 1. The Hall–Kier alpha value is -0.610. The number of nitrogens with one attached hydrogen (secondary N) is 1. The standard InChI is InChI=1S/C11H21NO3/c1-8(11(13)15-3)7-12-9-5-4-6-10(9)14-2/h8-10,12H,4-7H2,1-3H3. The molecule has 1 N–H and O–H groups in total. The molecule has 15 heavy (non-hydrogen) atoms. The predicted molar refractivity (Wildman–Crippen MR) is 57.6 cm³/mol. The van der Waals surface area contributed by atoms with Crippen LogP contribution >= 0.6 is 0 Å². The molecule has 4 heteroatoms. The highest BCUT2D eigenvalue weighted by atomic mass is 16.5. The van der Waals surface area contributed by atoms with Gasteiger partial charge in [0.1, 0.15) is 0 Å². The fraction of sp³-hybridized carbons (Fsp3) is 0.909. The summed E-state index contributed by atoms with van der Waals surface area (Å²) in [7, 11) is 3.17. The molecular formula is C11H21NO3. The van der Waals surface area contributed by atoms with Gasteiger partial charge in [0.15, 0.2) is 0 Å². The van der Waals surface area contributed by atoms with Crippen molar-refractivity contribution in [1.29, 1.82) is 0 Å². The second kappa shape index (κ2) is 6.08. The van der Waals surface area contributed by atoms with Crippen molar-refractivity contribution in [3.05, 3.63) is 0 Å². The third kappa shape index (κ3) is 3.47. The summed E-state index contributed by atoms with van der Waals surface area (Å²) in [6.45, 7) is 2.53. The molecule has 1 saturated carbocycles. The lowest BCUT2D eigenvalue weighted by Crippen LogP contribution is -2.40. The van der Waals surface area contributed by atoms with Gasteiger partial charge in [-0.25, -0.2) is 0 Å². The van der Waals surface area contributed by atoms with Crippen molar-refractivity contribution in [2.45, 2.75) is 38.3 Å². The minimum absolute atomic E-state index is 0.0897. The monoisotopic (exact) mass is 215 g/mol. The lowest BCUT2D eigenvalue weighted by atomic mass is 10.1. The Morgan fingerprint density at radius 1 is 1.47 bits per heavy atom. The molecule has 1 fully saturated rings. The second-order valence-electron chi connectivity index (χ2n) is 4.14. The Bertz CT molecular complexity index is 208. The zero-order chi connectivity index (χ0) is 11.3. The van der Waals surface area contributed by atoms with Crippen LogP contribution in [0.15, 0.2) is 0 Å². The predicted octanol–water partition coefficient (Wildman–Crippen LogP) is 0.953. The summed E-state index contributed by atoms with van der Waals surface area (Å²) in [5.41, 5.74) is 0. The molecule has 0 radical (unpaired) electrons. The summed E-state index contributed by atoms with van der Waals surface area (Å²) in [5.74, 6) is -0.248. The van der Waals surface area contributed by atoms with Crippen LogP contribution in [0, 0.1) is 5.92 Å². The summed E-state index contributed by atoms with van der Waals surface area (Å²) in [4.78, 5) is 11.2. The molecule has 0 aliphatic heterocycles. The molecule has 3 atom stereocenters. The van der Waals surface area contributed by atoms with Crippen LogP contribution in [0.1, 0.15) is 26.2 Å². The van der Waals surface area contributed by atoms with Crippen LogP contribution in [-0.4, -0.2) is 38.9 Å². The first-order chi connectivity index (χ1) is 7.19. The van der Waals surface area contributed by atoms with Crippen LogP contribution in [0.25, 0.3) is 0 Å². The van der Waals surface area contributed by atoms with Crippen molar-refractivity contribution in [3.63, 3.8) is 0 Å². The van der Waals surface area contributed by atoms with Crippen LogP contribution < -0.4 is 5.32 Å². The molecule has 3 unspecified atom stereocenters. The third-order valence-corrected chi connectivity index (χ3v) is 3.05. The fourth-order valence-corrected chi connectivity index (χ4v) is 2.05. The molecule has 1 rings (SSSR count). The first kappa shape index (κ1) is 12.5. The number of esters is 1. The number of methoxy groups -OCH3 is 2. The van der Waals surface area contributed by atoms with Gasteiger partial charge in [-0.1, -0.05) is 6.92 Å². The maximum atomic E-state index is 11.2. The van der Waals surface area contributed by atoms with E-state index in [1.807, 2.05) is 6.92 Å². The van der Waals surface area contributed by atoms with E-state index in [4.69, 9.17) is 4.74 Å². The van der Waals surface area contributed by atoms with Gasteiger partial charge in [-0.3, -0.25) is 4.79 Å². The minimum Gasteiger partial charge on any atom is -0.469 e. The summed E-state index contributed by atoms with van der Waals surface area (Å²) < 4.78 is 10.0. The molecule has 88 valence electrons. The zero-order valence-electron chi connectivity index (χ0n) is 9.79. The van der Waals surface area contributed by atoms with Gasteiger partial charge in [0.25, 0.3) is 0 Å². The highest BCUT2D eigenvalue weighted by molar-refractivity contribution is 5.72. The molecule has 0 aromatic carbocycles. The van der Waals surface area contributed by atoms with Gasteiger partial charge in [0.2, 0.25) is 0 Å². The number of ether oxygens (including phenoxy) is 2. The molecule has 0 saturated heterocycles. The SMILES string of the molecule is COC(=O)C(C)CNC1CCCC1OC. The average Bonchev–Trinajstić information content (AvgIpc) is 2.71. The van der Waals surface area contributed by atoms with Gasteiger partial charge in [0.05, 0.1) is 19.1 Å². The second-order valence-corrected chi connectivity index (χ2v) is 4.14. The minimum atomic E-state index is -0.158. The molecule has 1 aliphatic rings. The highest BCUT2D eigenvalue weighted by Crippen LogP contribution is 2.21. The van der Waals surface area contributed by atoms with E-state index < -0.39 is 0 Å². The van der Waals surface area contributed by atoms with E-state index >= 15 is 0 Å². The van der Waals surface area contributed by atoms with Crippen molar-refractivity contribution in [2.24, 2.45) is 5.92 Å². The van der Waals surface area contributed by atoms with E-state index in [0.717, 1.165) is 12.8 Å². The number of carbonyl (C=O) groups is 1. The van der Waals surface area contributed by atoms with Crippen molar-refractivity contribution in [1.82, 2.24) is 5.32 Å². The lowest BCUT2D eigenvalue weighted by molar-refractivity contribution is -0.144. The lowest BCUT2D eigenvalue weighted by Gasteiger charge is -2.21. The topological polar surface area (TPSA) is 47.6 Å². The van der Waals surface area contributed by atoms with Crippen LogP contribution in [0.4, 0.5) is 0 Å². The van der Waals surface area contributed by atoms with E-state index in [2.05, 4.69) is 10.1 Å². The molecular weight excluding hydrogens is 194 g/mol. The number of hydrogen-bond acceptors (Lipinski definition) is 4. The molecule has 4 nitrogen and oxygen atoms in total. The first-order valence-corrected chi connectivity index (χ1v) is 5.53. The van der Waals surface area contributed by atoms with Crippen molar-refractivity contribution >= 4 is 5.97 Å². The molecule has 0 spiro atoms. The van der Waals surface area contributed by atoms with Gasteiger partial charge in [-0.15, -0.1) is 0 Å². The Morgan fingerprint density at radius 2 is 2.20 bits per heavy atom. The normalized spacial score (nSPS) is 27.7. The molecule has 0 heterocycles. The summed E-state index contributed by atoms with van der Waals surface area (Å²) in [5, 5.41) is 3.37. The van der Waals surface area contributed by atoms with Crippen LogP contribution in [0.5, 0.6) is 0 Å². The highest BCUT2D eigenvalue weighted by Gasteiger charge is 2.27. The molecule has 1 aliphatic carbocycles. The van der Waals surface area contributed by atoms with Gasteiger partial charge in [0, 0.05) is 19.7 Å². The van der Waals surface area contributed by atoms with E-state index in [1.165, 1.54) is 13.5 Å². The number of rotatable bonds is 5. The van der Waals surface area contributed by atoms with E-state index in [1.54, 1.807) is 7.11 Å². The number of carbonyl (C=O) groups excluding carboxylic acids is 1. The third-order valence-electron chi connectivity index (χ3n) is 3.05. The quantitative estimate of drug-likeness (QED) is 0.694. The summed E-state index contributed by atoms with van der Waals surface area (Å²) in [6.07, 6.45) is 3.74. The van der Waals surface area contributed by atoms with Crippen LogP contribution in [-0.2, 0) is 14.3 Å². The summed E-state index contributed by atoms with van der Waals surface area (Å²) >= 11 is 0. The van der Waals surface area contributed by atoms with Gasteiger partial charge >= 0.3 is 5.97 Å². The van der Waals surface area contributed by atoms with E-state index in [9.17, 15) is 4.79 Å². The van der Waals surface area contributed by atoms with Gasteiger partial charge in [-0.05, 0) is 19.3 Å². The van der Waals surface area contributed by atoms with Crippen LogP contribution in [0.3, 0.4) is 0 Å². The van der Waals surface area contributed by atoms with Gasteiger partial charge in [-0.2, -0.15) is 0 Å². The van der Waals surface area contributed by atoms with Crippen molar-refractivity contribution in [2.75, 3.05) is 20.8 Å². The smallest absolute Gasteiger partial charge is 0.309 e. The van der Waals surface area contributed by atoms with Crippen LogP contribution in [0.2, 0.25) is 0 Å². The van der Waals surface area contributed by atoms with E-state index in [0.29, 0.717) is 18.7 Å². The van der Waals surface area contributed by atoms with E-state index in [-0.39, 0.29) is 11.9 Å². The molecule has 0 amide bonds. The summed E-state index contributed by atoms with van der Waals surface area (Å²) in [6, 6.07) is 0.391.